The number of carbonyl (C=O) groups is 4. The first-order valence-corrected chi connectivity index (χ1v) is 31.6. The average molecular weight is 1260 g/mol. The van der Waals surface area contributed by atoms with E-state index in [2.05, 4.69) is 107 Å². The van der Waals surface area contributed by atoms with Gasteiger partial charge >= 0.3 is 23.9 Å². The smallest absolute Gasteiger partial charge is 0.303 e. The lowest BCUT2D eigenvalue weighted by molar-refractivity contribution is -0.138. The highest BCUT2D eigenvalue weighted by Gasteiger charge is 2.53. The molecule has 89 heavy (non-hydrogen) atoms. The van der Waals surface area contributed by atoms with E-state index in [-0.39, 0.29) is 92.7 Å². The van der Waals surface area contributed by atoms with Crippen molar-refractivity contribution in [1.29, 1.82) is 0 Å². The van der Waals surface area contributed by atoms with Crippen molar-refractivity contribution in [1.82, 2.24) is 0 Å². The van der Waals surface area contributed by atoms with Crippen molar-refractivity contribution in [2.24, 2.45) is 72.4 Å². The van der Waals surface area contributed by atoms with Crippen molar-refractivity contribution in [3.05, 3.63) is 95.2 Å². The highest BCUT2D eigenvalue weighted by atomic mass is 16.4. The van der Waals surface area contributed by atoms with Crippen LogP contribution in [0.4, 0.5) is 0 Å². The maximum absolute atomic E-state index is 11.2. The number of carboxylic acids is 4. The molecule has 0 heterocycles. The fourth-order valence-corrected chi connectivity index (χ4v) is 11.4. The lowest BCUT2D eigenvalue weighted by atomic mass is 9.59. The Morgan fingerprint density at radius 1 is 0.315 bits per heavy atom. The summed E-state index contributed by atoms with van der Waals surface area (Å²) in [6, 6.07) is 0. The van der Waals surface area contributed by atoms with E-state index in [4.69, 9.17) is 40.9 Å². The molecule has 12 N–H and O–H groups in total. The Bertz CT molecular complexity index is 2230. The van der Waals surface area contributed by atoms with Gasteiger partial charge < -0.3 is 61.3 Å². The maximum atomic E-state index is 11.2. The van der Waals surface area contributed by atoms with E-state index in [0.29, 0.717) is 25.7 Å². The Morgan fingerprint density at radius 3 is 0.551 bits per heavy atom. The van der Waals surface area contributed by atoms with Crippen LogP contribution < -0.4 is 0 Å². The number of aliphatic hydroxyl groups is 8. The minimum atomic E-state index is -1.11. The standard InChI is InChI=1S/4C17H28O3.C5H12O4/c4*1-15(2,3)13-11-12(7-8-14(18)19)9-10-17(13,20)16(4,5)6;6-1-5(2-7,3-8)4-9/h4*9-11,13,20H,7-8H2,1-6H3,(H,18,19);6-9H,1-4H2. The van der Waals surface area contributed by atoms with E-state index in [1.807, 2.05) is 132 Å². The van der Waals surface area contributed by atoms with Gasteiger partial charge in [0.2, 0.25) is 0 Å². The molecule has 4 rings (SSSR count). The molecule has 0 aromatic carbocycles. The molecular formula is C73H124O16. The Morgan fingerprint density at radius 2 is 0.461 bits per heavy atom. The molecular weight excluding hydrogens is 1130 g/mol. The van der Waals surface area contributed by atoms with Crippen LogP contribution in [0.1, 0.15) is 218 Å². The minimum Gasteiger partial charge on any atom is -0.481 e. The third kappa shape index (κ3) is 24.2. The van der Waals surface area contributed by atoms with Crippen LogP contribution >= 0.6 is 0 Å². The Balaban J connectivity index is 0.00000111. The molecule has 4 aliphatic carbocycles. The quantitative estimate of drug-likeness (QED) is 0.0683. The van der Waals surface area contributed by atoms with Crippen molar-refractivity contribution in [3.8, 4) is 0 Å². The molecule has 16 heteroatoms. The molecule has 16 nitrogen and oxygen atoms in total. The van der Waals surface area contributed by atoms with E-state index < -0.39 is 78.1 Å². The summed E-state index contributed by atoms with van der Waals surface area (Å²) in [5.41, 5.74) is -2.29. The first kappa shape index (κ1) is 84.5. The predicted octanol–water partition coefficient (Wildman–Crippen LogP) is 13.1. The van der Waals surface area contributed by atoms with Crippen molar-refractivity contribution in [2.45, 2.75) is 240 Å². The summed E-state index contributed by atoms with van der Waals surface area (Å²) >= 11 is 0. The first-order valence-electron chi connectivity index (χ1n) is 31.6. The Kier molecular flexibility index (Phi) is 30.3. The lowest BCUT2D eigenvalue weighted by Gasteiger charge is -2.50. The highest BCUT2D eigenvalue weighted by Crippen LogP contribution is 2.53. The predicted molar refractivity (Wildman–Crippen MR) is 357 cm³/mol. The van der Waals surface area contributed by atoms with Crippen LogP contribution in [0.3, 0.4) is 0 Å². The number of aliphatic hydroxyl groups excluding tert-OH is 4. The van der Waals surface area contributed by atoms with Gasteiger partial charge in [0.15, 0.2) is 0 Å². The molecule has 0 fully saturated rings. The molecule has 0 bridgehead atoms. The van der Waals surface area contributed by atoms with E-state index in [1.54, 1.807) is 0 Å². The lowest BCUT2D eigenvalue weighted by Crippen LogP contribution is -2.52. The topological polar surface area (TPSA) is 311 Å². The summed E-state index contributed by atoms with van der Waals surface area (Å²) in [6.07, 6.45) is 25.8. The van der Waals surface area contributed by atoms with Crippen LogP contribution in [-0.2, 0) is 19.2 Å². The number of hydrogen-bond acceptors (Lipinski definition) is 12. The van der Waals surface area contributed by atoms with Gasteiger partial charge in [0.1, 0.15) is 0 Å². The van der Waals surface area contributed by atoms with Gasteiger partial charge in [0.25, 0.3) is 0 Å². The molecule has 0 saturated carbocycles. The molecule has 0 radical (unpaired) electrons. The summed E-state index contributed by atoms with van der Waals surface area (Å²) < 4.78 is 0. The van der Waals surface area contributed by atoms with Gasteiger partial charge in [0, 0.05) is 49.4 Å². The number of carboxylic acid groups (broad SMARTS) is 4. The van der Waals surface area contributed by atoms with Crippen LogP contribution in [-0.4, -0.2) is 134 Å². The summed E-state index contributed by atoms with van der Waals surface area (Å²) in [5, 5.41) is 114. The zero-order valence-corrected chi connectivity index (χ0v) is 59.2. The number of rotatable bonds is 16. The summed E-state index contributed by atoms with van der Waals surface area (Å²) in [6.45, 7) is 48.1. The first-order chi connectivity index (χ1) is 39.8. The van der Waals surface area contributed by atoms with E-state index >= 15 is 0 Å². The van der Waals surface area contributed by atoms with Crippen LogP contribution in [0.2, 0.25) is 0 Å². The van der Waals surface area contributed by atoms with Crippen LogP contribution in [0.25, 0.3) is 0 Å². The molecule has 0 aromatic heterocycles. The van der Waals surface area contributed by atoms with Crippen molar-refractivity contribution in [3.63, 3.8) is 0 Å². The monoisotopic (exact) mass is 1260 g/mol. The molecule has 8 unspecified atom stereocenters. The third-order valence-corrected chi connectivity index (χ3v) is 18.0. The normalized spacial score (nSPS) is 25.8. The van der Waals surface area contributed by atoms with Gasteiger partial charge in [-0.25, -0.2) is 0 Å². The van der Waals surface area contributed by atoms with Gasteiger partial charge in [-0.2, -0.15) is 0 Å². The summed E-state index contributed by atoms with van der Waals surface area (Å²) in [4.78, 5) is 42.8. The zero-order chi connectivity index (χ0) is 70.4. The summed E-state index contributed by atoms with van der Waals surface area (Å²) in [5.74, 6) is -3.31. The minimum absolute atomic E-state index is 0.0382. The maximum Gasteiger partial charge on any atom is 0.303 e. The molecule has 0 aliphatic heterocycles. The van der Waals surface area contributed by atoms with Crippen LogP contribution in [0, 0.1) is 72.4 Å². The molecule has 0 aromatic rings. The van der Waals surface area contributed by atoms with E-state index in [0.717, 1.165) is 22.3 Å². The summed E-state index contributed by atoms with van der Waals surface area (Å²) in [7, 11) is 0. The van der Waals surface area contributed by atoms with Crippen molar-refractivity contribution in [2.75, 3.05) is 26.4 Å². The zero-order valence-electron chi connectivity index (χ0n) is 59.2. The van der Waals surface area contributed by atoms with E-state index in [1.165, 1.54) is 0 Å². The second kappa shape index (κ2) is 31.9. The second-order valence-corrected chi connectivity index (χ2v) is 33.7. The average Bonchev–Trinajstić information content (AvgIpc) is 1.10. The van der Waals surface area contributed by atoms with Gasteiger partial charge in [-0.3, -0.25) is 19.2 Å². The van der Waals surface area contributed by atoms with Gasteiger partial charge in [0.05, 0.1) is 54.2 Å². The largest absolute Gasteiger partial charge is 0.481 e. The fraction of sp³-hybridized carbons (Fsp3) is 0.726. The van der Waals surface area contributed by atoms with E-state index in [9.17, 15) is 39.6 Å². The SMILES string of the molecule is CC(C)(C)C1C=C(CCC(=O)O)C=CC1(O)C(C)(C)C.CC(C)(C)C1C=C(CCC(=O)O)C=CC1(O)C(C)(C)C.CC(C)(C)C1C=C(CCC(=O)O)C=CC1(O)C(C)(C)C.CC(C)(C)C1C=C(CCC(=O)O)C=CC1(O)C(C)(C)C.OCC(CO)(CO)CO. The molecule has 8 atom stereocenters. The number of aliphatic carboxylic acids is 4. The Hall–Kier alpha value is -4.52. The highest BCUT2D eigenvalue weighted by molar-refractivity contribution is 5.68. The number of hydrogen-bond donors (Lipinski definition) is 12. The molecule has 4 aliphatic rings. The molecule has 0 saturated heterocycles. The van der Waals surface area contributed by atoms with Crippen molar-refractivity contribution < 1.29 is 80.5 Å². The van der Waals surface area contributed by atoms with Crippen LogP contribution in [0.15, 0.2) is 95.2 Å². The Labute approximate surface area is 536 Å². The fourth-order valence-electron chi connectivity index (χ4n) is 11.4. The third-order valence-electron chi connectivity index (χ3n) is 18.0. The van der Waals surface area contributed by atoms with Gasteiger partial charge in [-0.05, 0) is 69.0 Å². The molecule has 0 amide bonds. The molecule has 512 valence electrons. The van der Waals surface area contributed by atoms with Gasteiger partial charge in [-0.1, -0.05) is 261 Å². The molecule has 0 spiro atoms. The number of allylic oxidation sites excluding steroid dienone is 8. The van der Waals surface area contributed by atoms with Crippen LogP contribution in [0.5, 0.6) is 0 Å². The van der Waals surface area contributed by atoms with Crippen molar-refractivity contribution >= 4 is 23.9 Å². The van der Waals surface area contributed by atoms with Gasteiger partial charge in [-0.15, -0.1) is 0 Å². The second-order valence-electron chi connectivity index (χ2n) is 33.7.